The van der Waals surface area contributed by atoms with E-state index in [1.54, 1.807) is 11.3 Å². The van der Waals surface area contributed by atoms with Crippen LogP contribution in [0.25, 0.3) is 0 Å². The number of aromatic nitrogens is 1. The number of aryl methyl sites for hydroxylation is 2. The summed E-state index contributed by atoms with van der Waals surface area (Å²) in [5, 5.41) is 7.58. The summed E-state index contributed by atoms with van der Waals surface area (Å²) < 4.78 is 11.2. The van der Waals surface area contributed by atoms with Crippen molar-refractivity contribution in [3.05, 3.63) is 15.6 Å². The fourth-order valence-corrected chi connectivity index (χ4v) is 3.19. The molecule has 1 atom stereocenters. The Morgan fingerprint density at radius 3 is 2.96 bits per heavy atom. The Morgan fingerprint density at radius 1 is 1.43 bits per heavy atom. The maximum Gasteiger partial charge on any atom is 0.191 e. The topological polar surface area (TPSA) is 67.8 Å². The van der Waals surface area contributed by atoms with Crippen molar-refractivity contribution in [2.24, 2.45) is 4.99 Å². The van der Waals surface area contributed by atoms with Gasteiger partial charge in [-0.15, -0.1) is 11.3 Å². The number of aliphatic imine (C=N–C) groups is 1. The molecule has 1 aromatic heterocycles. The first-order valence-electron chi connectivity index (χ1n) is 8.33. The maximum absolute atomic E-state index is 5.65. The lowest BCUT2D eigenvalue weighted by Gasteiger charge is -2.13. The third kappa shape index (κ3) is 6.45. The maximum atomic E-state index is 5.65. The standard InChI is InChI=1S/C16H28N4O2S/c1-4-17-16(19-10-15-20-12(2)13(3)23-15)18-7-9-21-11-14-6-5-8-22-14/h14H,4-11H2,1-3H3,(H2,17,18,19). The average Bonchev–Trinajstić information content (AvgIpc) is 3.15. The van der Waals surface area contributed by atoms with Gasteiger partial charge in [0.2, 0.25) is 0 Å². The minimum Gasteiger partial charge on any atom is -0.377 e. The predicted molar refractivity (Wildman–Crippen MR) is 94.2 cm³/mol. The molecule has 0 bridgehead atoms. The van der Waals surface area contributed by atoms with Gasteiger partial charge in [0, 0.05) is 24.6 Å². The summed E-state index contributed by atoms with van der Waals surface area (Å²) in [6, 6.07) is 0. The van der Waals surface area contributed by atoms with E-state index >= 15 is 0 Å². The summed E-state index contributed by atoms with van der Waals surface area (Å²) in [5.41, 5.74) is 1.10. The molecule has 0 spiro atoms. The van der Waals surface area contributed by atoms with E-state index in [2.05, 4.69) is 34.5 Å². The number of nitrogens with zero attached hydrogens (tertiary/aromatic N) is 2. The third-order valence-corrected chi connectivity index (χ3v) is 4.71. The zero-order valence-corrected chi connectivity index (χ0v) is 15.2. The van der Waals surface area contributed by atoms with Crippen LogP contribution in [0.5, 0.6) is 0 Å². The first-order chi connectivity index (χ1) is 11.2. The Kier molecular flexibility index (Phi) is 7.78. The number of hydrogen-bond acceptors (Lipinski definition) is 5. The van der Waals surface area contributed by atoms with Gasteiger partial charge in [0.05, 0.1) is 31.6 Å². The largest absolute Gasteiger partial charge is 0.377 e. The molecule has 1 aliphatic rings. The van der Waals surface area contributed by atoms with Crippen LogP contribution in [0.3, 0.4) is 0 Å². The normalized spacial score (nSPS) is 18.4. The van der Waals surface area contributed by atoms with E-state index in [0.29, 0.717) is 19.8 Å². The summed E-state index contributed by atoms with van der Waals surface area (Å²) in [4.78, 5) is 10.3. The van der Waals surface area contributed by atoms with Crippen LogP contribution in [0.2, 0.25) is 0 Å². The van der Waals surface area contributed by atoms with Crippen LogP contribution in [-0.4, -0.2) is 50.0 Å². The zero-order chi connectivity index (χ0) is 16.5. The fourth-order valence-electron chi connectivity index (χ4n) is 2.33. The van der Waals surface area contributed by atoms with Crippen LogP contribution in [0.4, 0.5) is 0 Å². The van der Waals surface area contributed by atoms with E-state index in [-0.39, 0.29) is 6.10 Å². The van der Waals surface area contributed by atoms with Crippen molar-refractivity contribution in [3.63, 3.8) is 0 Å². The van der Waals surface area contributed by atoms with E-state index in [1.807, 2.05) is 6.92 Å². The number of thiazole rings is 1. The Balaban J connectivity index is 1.68. The van der Waals surface area contributed by atoms with Crippen LogP contribution in [0, 0.1) is 13.8 Å². The van der Waals surface area contributed by atoms with Crippen molar-refractivity contribution in [2.45, 2.75) is 46.3 Å². The van der Waals surface area contributed by atoms with Gasteiger partial charge in [0.15, 0.2) is 5.96 Å². The molecule has 1 aliphatic heterocycles. The average molecular weight is 340 g/mol. The molecule has 2 rings (SSSR count). The molecule has 130 valence electrons. The number of nitrogens with one attached hydrogen (secondary N) is 2. The van der Waals surface area contributed by atoms with E-state index < -0.39 is 0 Å². The van der Waals surface area contributed by atoms with Crippen molar-refractivity contribution >= 4 is 17.3 Å². The number of hydrogen-bond donors (Lipinski definition) is 2. The molecule has 0 radical (unpaired) electrons. The highest BCUT2D eigenvalue weighted by atomic mass is 32.1. The Bertz CT molecular complexity index is 479. The molecule has 1 saturated heterocycles. The van der Waals surface area contributed by atoms with Gasteiger partial charge in [0.1, 0.15) is 5.01 Å². The van der Waals surface area contributed by atoms with Gasteiger partial charge >= 0.3 is 0 Å². The summed E-state index contributed by atoms with van der Waals surface area (Å²) in [7, 11) is 0. The molecular weight excluding hydrogens is 312 g/mol. The lowest BCUT2D eigenvalue weighted by Crippen LogP contribution is -2.39. The van der Waals surface area contributed by atoms with Gasteiger partial charge in [-0.3, -0.25) is 0 Å². The smallest absolute Gasteiger partial charge is 0.191 e. The van der Waals surface area contributed by atoms with Gasteiger partial charge < -0.3 is 20.1 Å². The van der Waals surface area contributed by atoms with E-state index in [9.17, 15) is 0 Å². The SMILES string of the molecule is CCNC(=NCc1nc(C)c(C)s1)NCCOCC1CCCO1. The van der Waals surface area contributed by atoms with Gasteiger partial charge in [0.25, 0.3) is 0 Å². The third-order valence-electron chi connectivity index (χ3n) is 3.66. The van der Waals surface area contributed by atoms with Crippen LogP contribution in [-0.2, 0) is 16.0 Å². The second-order valence-electron chi connectivity index (χ2n) is 5.58. The summed E-state index contributed by atoms with van der Waals surface area (Å²) in [6.07, 6.45) is 2.55. The molecule has 7 heteroatoms. The second kappa shape index (κ2) is 9.85. The molecule has 1 unspecified atom stereocenters. The molecule has 0 aromatic carbocycles. The fraction of sp³-hybridized carbons (Fsp3) is 0.750. The van der Waals surface area contributed by atoms with Crippen molar-refractivity contribution in [3.8, 4) is 0 Å². The van der Waals surface area contributed by atoms with E-state index in [0.717, 1.165) is 49.2 Å². The Labute approximate surface area is 142 Å². The molecule has 1 aromatic rings. The molecule has 6 nitrogen and oxygen atoms in total. The summed E-state index contributed by atoms with van der Waals surface area (Å²) in [6.45, 7) is 10.6. The van der Waals surface area contributed by atoms with Gasteiger partial charge in [-0.05, 0) is 33.6 Å². The molecule has 2 N–H and O–H groups in total. The van der Waals surface area contributed by atoms with E-state index in [4.69, 9.17) is 9.47 Å². The van der Waals surface area contributed by atoms with Crippen LogP contribution in [0.1, 0.15) is 35.3 Å². The van der Waals surface area contributed by atoms with Crippen LogP contribution >= 0.6 is 11.3 Å². The minimum absolute atomic E-state index is 0.285. The highest BCUT2D eigenvalue weighted by molar-refractivity contribution is 7.11. The highest BCUT2D eigenvalue weighted by Gasteiger charge is 2.14. The monoisotopic (exact) mass is 340 g/mol. The van der Waals surface area contributed by atoms with Crippen LogP contribution < -0.4 is 10.6 Å². The lowest BCUT2D eigenvalue weighted by molar-refractivity contribution is 0.0191. The highest BCUT2D eigenvalue weighted by Crippen LogP contribution is 2.16. The molecule has 0 aliphatic carbocycles. The Morgan fingerprint density at radius 2 is 2.30 bits per heavy atom. The van der Waals surface area contributed by atoms with Crippen LogP contribution in [0.15, 0.2) is 4.99 Å². The molecule has 1 fully saturated rings. The number of rotatable bonds is 8. The minimum atomic E-state index is 0.285. The first-order valence-corrected chi connectivity index (χ1v) is 9.15. The van der Waals surface area contributed by atoms with Gasteiger partial charge in [-0.1, -0.05) is 0 Å². The molecule has 0 amide bonds. The number of ether oxygens (including phenoxy) is 2. The predicted octanol–water partition coefficient (Wildman–Crippen LogP) is 2.01. The summed E-state index contributed by atoms with van der Waals surface area (Å²) >= 11 is 1.71. The van der Waals surface area contributed by atoms with Crippen molar-refractivity contribution in [1.29, 1.82) is 0 Å². The molecule has 0 saturated carbocycles. The van der Waals surface area contributed by atoms with Gasteiger partial charge in [-0.2, -0.15) is 0 Å². The molecular formula is C16H28N4O2S. The molecule has 23 heavy (non-hydrogen) atoms. The number of guanidine groups is 1. The lowest BCUT2D eigenvalue weighted by atomic mass is 10.2. The van der Waals surface area contributed by atoms with Crippen molar-refractivity contribution in [1.82, 2.24) is 15.6 Å². The molecule has 2 heterocycles. The van der Waals surface area contributed by atoms with E-state index in [1.165, 1.54) is 4.88 Å². The Hall–Kier alpha value is -1.18. The zero-order valence-electron chi connectivity index (χ0n) is 14.4. The second-order valence-corrected chi connectivity index (χ2v) is 6.87. The van der Waals surface area contributed by atoms with Gasteiger partial charge in [-0.25, -0.2) is 9.98 Å². The van der Waals surface area contributed by atoms with Crippen molar-refractivity contribution in [2.75, 3.05) is 32.9 Å². The quantitative estimate of drug-likeness (QED) is 0.430. The summed E-state index contributed by atoms with van der Waals surface area (Å²) in [5.74, 6) is 0.804. The first kappa shape index (κ1) is 18.2. The van der Waals surface area contributed by atoms with Crippen molar-refractivity contribution < 1.29 is 9.47 Å².